The van der Waals surface area contributed by atoms with Crippen molar-refractivity contribution in [2.24, 2.45) is 5.92 Å². The summed E-state index contributed by atoms with van der Waals surface area (Å²) in [5.74, 6) is 1.99. The van der Waals surface area contributed by atoms with Gasteiger partial charge in [-0.2, -0.15) is 5.10 Å². The summed E-state index contributed by atoms with van der Waals surface area (Å²) in [5.41, 5.74) is 0. The van der Waals surface area contributed by atoms with Gasteiger partial charge in [-0.15, -0.1) is 0 Å². The summed E-state index contributed by atoms with van der Waals surface area (Å²) in [6.07, 6.45) is 10.1. The predicted molar refractivity (Wildman–Crippen MR) is 68.6 cm³/mol. The summed E-state index contributed by atoms with van der Waals surface area (Å²) in [7, 11) is 0. The zero-order chi connectivity index (χ0) is 11.9. The smallest absolute Gasteiger partial charge is 0.140 e. The Balaban J connectivity index is 1.79. The van der Waals surface area contributed by atoms with E-state index in [2.05, 4.69) is 27.0 Å². The van der Waals surface area contributed by atoms with Gasteiger partial charge in [-0.3, -0.25) is 0 Å². The van der Waals surface area contributed by atoms with E-state index in [1.165, 1.54) is 38.5 Å². The third-order valence-corrected chi connectivity index (χ3v) is 3.70. The summed E-state index contributed by atoms with van der Waals surface area (Å²) in [6.45, 7) is 4.96. The molecule has 0 spiro atoms. The number of aryl methyl sites for hydroxylation is 1. The molecular formula is C13H24N4. The first kappa shape index (κ1) is 12.6. The Morgan fingerprint density at radius 1 is 1.35 bits per heavy atom. The SMILES string of the molecule is CCNCc1ncnn1CCC1CCCCC1. The quantitative estimate of drug-likeness (QED) is 0.824. The third kappa shape index (κ3) is 3.80. The average molecular weight is 236 g/mol. The lowest BCUT2D eigenvalue weighted by Crippen LogP contribution is -2.18. The number of hydrogen-bond donors (Lipinski definition) is 1. The summed E-state index contributed by atoms with van der Waals surface area (Å²) < 4.78 is 2.07. The zero-order valence-corrected chi connectivity index (χ0v) is 10.9. The second-order valence-corrected chi connectivity index (χ2v) is 4.97. The standard InChI is InChI=1S/C13H24N4/c1-2-14-10-13-15-11-16-17(13)9-8-12-6-4-3-5-7-12/h11-12,14H,2-10H2,1H3. The minimum atomic E-state index is 0.834. The molecular weight excluding hydrogens is 212 g/mol. The molecule has 0 aromatic carbocycles. The second-order valence-electron chi connectivity index (χ2n) is 4.97. The van der Waals surface area contributed by atoms with Crippen molar-refractivity contribution < 1.29 is 0 Å². The molecule has 96 valence electrons. The van der Waals surface area contributed by atoms with E-state index in [4.69, 9.17) is 0 Å². The van der Waals surface area contributed by atoms with Crippen LogP contribution in [0.3, 0.4) is 0 Å². The Bertz CT molecular complexity index is 315. The Morgan fingerprint density at radius 2 is 2.18 bits per heavy atom. The zero-order valence-electron chi connectivity index (χ0n) is 10.9. The van der Waals surface area contributed by atoms with Crippen molar-refractivity contribution in [3.63, 3.8) is 0 Å². The van der Waals surface area contributed by atoms with Crippen LogP contribution in [0.4, 0.5) is 0 Å². The number of nitrogens with zero attached hydrogens (tertiary/aromatic N) is 3. The predicted octanol–water partition coefficient (Wildman–Crippen LogP) is 2.36. The first-order valence-corrected chi connectivity index (χ1v) is 6.97. The minimum Gasteiger partial charge on any atom is -0.310 e. The molecule has 0 aliphatic heterocycles. The van der Waals surface area contributed by atoms with Gasteiger partial charge in [0, 0.05) is 6.54 Å². The molecule has 17 heavy (non-hydrogen) atoms. The number of aromatic nitrogens is 3. The summed E-state index contributed by atoms with van der Waals surface area (Å²) in [5, 5.41) is 7.62. The highest BCUT2D eigenvalue weighted by Gasteiger charge is 2.14. The maximum Gasteiger partial charge on any atom is 0.140 e. The van der Waals surface area contributed by atoms with E-state index >= 15 is 0 Å². The van der Waals surface area contributed by atoms with Gasteiger partial charge in [0.05, 0.1) is 6.54 Å². The van der Waals surface area contributed by atoms with E-state index in [1.54, 1.807) is 6.33 Å². The van der Waals surface area contributed by atoms with E-state index in [1.807, 2.05) is 0 Å². The summed E-state index contributed by atoms with van der Waals surface area (Å²) in [6, 6.07) is 0. The fraction of sp³-hybridized carbons (Fsp3) is 0.846. The lowest BCUT2D eigenvalue weighted by atomic mass is 9.87. The second kappa shape index (κ2) is 6.74. The van der Waals surface area contributed by atoms with Crippen LogP contribution in [0.2, 0.25) is 0 Å². The molecule has 0 saturated heterocycles. The number of hydrogen-bond acceptors (Lipinski definition) is 3. The Labute approximate surface area is 104 Å². The van der Waals surface area contributed by atoms with Gasteiger partial charge in [-0.25, -0.2) is 9.67 Å². The molecule has 1 saturated carbocycles. The van der Waals surface area contributed by atoms with Crippen molar-refractivity contribution >= 4 is 0 Å². The van der Waals surface area contributed by atoms with Gasteiger partial charge in [0.25, 0.3) is 0 Å². The molecule has 0 atom stereocenters. The van der Waals surface area contributed by atoms with Gasteiger partial charge in [0.15, 0.2) is 0 Å². The van der Waals surface area contributed by atoms with Gasteiger partial charge in [0.1, 0.15) is 12.2 Å². The summed E-state index contributed by atoms with van der Waals surface area (Å²) >= 11 is 0. The fourth-order valence-corrected chi connectivity index (χ4v) is 2.63. The third-order valence-electron chi connectivity index (χ3n) is 3.70. The van der Waals surface area contributed by atoms with Crippen molar-refractivity contribution in [2.45, 2.75) is 58.5 Å². The van der Waals surface area contributed by atoms with Crippen LogP contribution in [0.25, 0.3) is 0 Å². The van der Waals surface area contributed by atoms with E-state index in [0.29, 0.717) is 0 Å². The van der Waals surface area contributed by atoms with Crippen molar-refractivity contribution in [3.8, 4) is 0 Å². The minimum absolute atomic E-state index is 0.834. The monoisotopic (exact) mass is 236 g/mol. The highest BCUT2D eigenvalue weighted by atomic mass is 15.3. The van der Waals surface area contributed by atoms with Crippen molar-refractivity contribution in [3.05, 3.63) is 12.2 Å². The van der Waals surface area contributed by atoms with Crippen LogP contribution in [0.5, 0.6) is 0 Å². The van der Waals surface area contributed by atoms with Gasteiger partial charge >= 0.3 is 0 Å². The Morgan fingerprint density at radius 3 is 2.94 bits per heavy atom. The van der Waals surface area contributed by atoms with Crippen LogP contribution >= 0.6 is 0 Å². The van der Waals surface area contributed by atoms with Gasteiger partial charge in [-0.05, 0) is 18.9 Å². The summed E-state index contributed by atoms with van der Waals surface area (Å²) in [4.78, 5) is 4.31. The Hall–Kier alpha value is -0.900. The maximum atomic E-state index is 4.32. The molecule has 0 bridgehead atoms. The van der Waals surface area contributed by atoms with Crippen molar-refractivity contribution in [1.29, 1.82) is 0 Å². The topological polar surface area (TPSA) is 42.7 Å². The molecule has 0 unspecified atom stereocenters. The highest BCUT2D eigenvalue weighted by molar-refractivity contribution is 4.83. The molecule has 1 aromatic rings. The molecule has 4 heteroatoms. The molecule has 0 radical (unpaired) electrons. The molecule has 1 heterocycles. The molecule has 2 rings (SSSR count). The van der Waals surface area contributed by atoms with Crippen LogP contribution in [0, 0.1) is 5.92 Å². The van der Waals surface area contributed by atoms with Crippen LogP contribution in [0.1, 0.15) is 51.3 Å². The van der Waals surface area contributed by atoms with E-state index in [-0.39, 0.29) is 0 Å². The largest absolute Gasteiger partial charge is 0.310 e. The lowest BCUT2D eigenvalue weighted by Gasteiger charge is -2.21. The molecule has 1 aliphatic rings. The van der Waals surface area contributed by atoms with Crippen LogP contribution in [-0.2, 0) is 13.1 Å². The average Bonchev–Trinajstić information content (AvgIpc) is 2.82. The van der Waals surface area contributed by atoms with Crippen LogP contribution in [0.15, 0.2) is 6.33 Å². The highest BCUT2D eigenvalue weighted by Crippen LogP contribution is 2.26. The molecule has 1 aromatic heterocycles. The Kier molecular flexibility index (Phi) is 4.98. The van der Waals surface area contributed by atoms with Gasteiger partial charge < -0.3 is 5.32 Å². The lowest BCUT2D eigenvalue weighted by molar-refractivity contribution is 0.316. The first-order chi connectivity index (χ1) is 8.40. The van der Waals surface area contributed by atoms with Gasteiger partial charge in [-0.1, -0.05) is 39.0 Å². The number of rotatable bonds is 6. The van der Waals surface area contributed by atoms with Crippen LogP contribution < -0.4 is 5.32 Å². The van der Waals surface area contributed by atoms with Crippen molar-refractivity contribution in [1.82, 2.24) is 20.1 Å². The first-order valence-electron chi connectivity index (χ1n) is 6.97. The number of nitrogens with one attached hydrogen (secondary N) is 1. The maximum absolute atomic E-state index is 4.32. The molecule has 0 amide bonds. The normalized spacial score (nSPS) is 17.5. The molecule has 4 nitrogen and oxygen atoms in total. The molecule has 1 aliphatic carbocycles. The fourth-order valence-electron chi connectivity index (χ4n) is 2.63. The van der Waals surface area contributed by atoms with Crippen molar-refractivity contribution in [2.75, 3.05) is 6.54 Å². The molecule has 1 N–H and O–H groups in total. The van der Waals surface area contributed by atoms with E-state index in [0.717, 1.165) is 31.4 Å². The van der Waals surface area contributed by atoms with E-state index in [9.17, 15) is 0 Å². The van der Waals surface area contributed by atoms with Crippen LogP contribution in [-0.4, -0.2) is 21.3 Å². The van der Waals surface area contributed by atoms with Gasteiger partial charge in [0.2, 0.25) is 0 Å². The molecule has 1 fully saturated rings. The van der Waals surface area contributed by atoms with E-state index < -0.39 is 0 Å².